The maximum absolute atomic E-state index is 12.0. The molecule has 1 unspecified atom stereocenters. The summed E-state index contributed by atoms with van der Waals surface area (Å²) in [7, 11) is 1.64. The fraction of sp³-hybridized carbons (Fsp3) is 0.588. The number of hydrogen-bond acceptors (Lipinski definition) is 3. The number of hydrogen-bond donors (Lipinski definition) is 2. The van der Waals surface area contributed by atoms with Crippen LogP contribution < -0.4 is 15.8 Å². The Labute approximate surface area is 128 Å². The lowest BCUT2D eigenvalue weighted by Gasteiger charge is -2.23. The normalized spacial score (nSPS) is 14.4. The number of nitrogens with two attached hydrogens (primary N) is 1. The van der Waals surface area contributed by atoms with Crippen LogP contribution in [0.1, 0.15) is 52.1 Å². The summed E-state index contributed by atoms with van der Waals surface area (Å²) in [4.78, 5) is 12.0. The predicted octanol–water partition coefficient (Wildman–Crippen LogP) is 3.03. The van der Waals surface area contributed by atoms with Crippen molar-refractivity contribution in [2.24, 2.45) is 11.1 Å². The molecule has 1 rings (SSSR count). The largest absolute Gasteiger partial charge is 0.497 e. The van der Waals surface area contributed by atoms with Gasteiger partial charge >= 0.3 is 0 Å². The molecule has 1 amide bonds. The minimum absolute atomic E-state index is 0.00457. The van der Waals surface area contributed by atoms with Crippen molar-refractivity contribution >= 4 is 5.91 Å². The van der Waals surface area contributed by atoms with Gasteiger partial charge in [-0.25, -0.2) is 0 Å². The van der Waals surface area contributed by atoms with Crippen LogP contribution in [-0.2, 0) is 4.79 Å². The molecule has 0 heterocycles. The summed E-state index contributed by atoms with van der Waals surface area (Å²) in [6.45, 7) is 8.36. The van der Waals surface area contributed by atoms with E-state index in [4.69, 9.17) is 10.5 Å². The Bertz CT molecular complexity index is 449. The van der Waals surface area contributed by atoms with Crippen molar-refractivity contribution in [3.8, 4) is 5.75 Å². The van der Waals surface area contributed by atoms with E-state index >= 15 is 0 Å². The third-order valence-electron chi connectivity index (χ3n) is 3.32. The molecule has 4 heteroatoms. The third kappa shape index (κ3) is 6.63. The van der Waals surface area contributed by atoms with Crippen LogP contribution in [0.5, 0.6) is 5.75 Å². The molecular weight excluding hydrogens is 264 g/mol. The number of carbonyl (C=O) groups is 1. The number of nitrogens with one attached hydrogen (secondary N) is 1. The minimum Gasteiger partial charge on any atom is -0.497 e. The molecule has 0 saturated carbocycles. The Morgan fingerprint density at radius 2 is 1.86 bits per heavy atom. The van der Waals surface area contributed by atoms with Crippen molar-refractivity contribution in [3.63, 3.8) is 0 Å². The van der Waals surface area contributed by atoms with Gasteiger partial charge in [0.2, 0.25) is 5.91 Å². The molecule has 0 aliphatic heterocycles. The summed E-state index contributed by atoms with van der Waals surface area (Å²) in [6, 6.07) is 7.56. The molecule has 0 aliphatic rings. The van der Waals surface area contributed by atoms with Gasteiger partial charge in [-0.15, -0.1) is 0 Å². The van der Waals surface area contributed by atoms with E-state index in [0.29, 0.717) is 6.42 Å². The number of ether oxygens (including phenoxy) is 1. The molecule has 0 aromatic heterocycles. The highest BCUT2D eigenvalue weighted by Gasteiger charge is 2.19. The zero-order valence-corrected chi connectivity index (χ0v) is 13.8. The van der Waals surface area contributed by atoms with E-state index < -0.39 is 0 Å². The first-order chi connectivity index (χ1) is 9.71. The van der Waals surface area contributed by atoms with Gasteiger partial charge in [0.1, 0.15) is 5.75 Å². The molecule has 0 fully saturated rings. The Balaban J connectivity index is 2.49. The minimum atomic E-state index is -0.104. The highest BCUT2D eigenvalue weighted by Crippen LogP contribution is 2.21. The van der Waals surface area contributed by atoms with Crippen molar-refractivity contribution in [3.05, 3.63) is 29.8 Å². The lowest BCUT2D eigenvalue weighted by molar-refractivity contribution is -0.122. The van der Waals surface area contributed by atoms with E-state index in [-0.39, 0.29) is 23.4 Å². The van der Waals surface area contributed by atoms with Gasteiger partial charge in [0.25, 0.3) is 0 Å². The van der Waals surface area contributed by atoms with Gasteiger partial charge in [-0.2, -0.15) is 0 Å². The molecule has 1 aromatic carbocycles. The van der Waals surface area contributed by atoms with Crippen LogP contribution in [0.2, 0.25) is 0 Å². The van der Waals surface area contributed by atoms with Gasteiger partial charge in [-0.3, -0.25) is 4.79 Å². The van der Waals surface area contributed by atoms with Crippen molar-refractivity contribution in [2.75, 3.05) is 7.11 Å². The smallest absolute Gasteiger partial charge is 0.222 e. The van der Waals surface area contributed by atoms with Crippen molar-refractivity contribution in [1.82, 2.24) is 5.32 Å². The molecule has 0 spiro atoms. The maximum Gasteiger partial charge on any atom is 0.222 e. The van der Waals surface area contributed by atoms with Crippen molar-refractivity contribution in [1.29, 1.82) is 0 Å². The van der Waals surface area contributed by atoms with Crippen LogP contribution in [0.15, 0.2) is 24.3 Å². The van der Waals surface area contributed by atoms with Crippen LogP contribution in [0, 0.1) is 5.41 Å². The molecule has 2 atom stereocenters. The third-order valence-corrected chi connectivity index (χ3v) is 3.32. The average Bonchev–Trinajstić information content (AvgIpc) is 2.36. The lowest BCUT2D eigenvalue weighted by atomic mass is 9.87. The summed E-state index contributed by atoms with van der Waals surface area (Å²) in [5.74, 6) is 0.805. The molecule has 1 aromatic rings. The fourth-order valence-corrected chi connectivity index (χ4v) is 2.37. The summed E-state index contributed by atoms with van der Waals surface area (Å²) in [6.07, 6.45) is 1.19. The van der Waals surface area contributed by atoms with Gasteiger partial charge in [0, 0.05) is 12.5 Å². The summed E-state index contributed by atoms with van der Waals surface area (Å²) in [5, 5.41) is 2.99. The van der Waals surface area contributed by atoms with Crippen molar-refractivity contribution in [2.45, 2.75) is 52.6 Å². The van der Waals surface area contributed by atoms with Crippen molar-refractivity contribution < 1.29 is 9.53 Å². The zero-order chi connectivity index (χ0) is 16.0. The van der Waals surface area contributed by atoms with Crippen LogP contribution in [0.3, 0.4) is 0 Å². The van der Waals surface area contributed by atoms with Crippen LogP contribution >= 0.6 is 0 Å². The molecule has 21 heavy (non-hydrogen) atoms. The predicted molar refractivity (Wildman–Crippen MR) is 86.2 cm³/mol. The quantitative estimate of drug-likeness (QED) is 0.847. The van der Waals surface area contributed by atoms with Gasteiger partial charge < -0.3 is 15.8 Å². The zero-order valence-electron chi connectivity index (χ0n) is 13.8. The van der Waals surface area contributed by atoms with E-state index in [1.807, 2.05) is 31.2 Å². The number of rotatable bonds is 6. The number of carbonyl (C=O) groups excluding carboxylic acids is 1. The number of methoxy groups -OCH3 is 1. The first-order valence-corrected chi connectivity index (χ1v) is 7.40. The van der Waals surface area contributed by atoms with Gasteiger partial charge in [0.15, 0.2) is 0 Å². The Morgan fingerprint density at radius 3 is 2.33 bits per heavy atom. The van der Waals surface area contributed by atoms with E-state index in [1.165, 1.54) is 0 Å². The Morgan fingerprint density at radius 1 is 1.29 bits per heavy atom. The Kier molecular flexibility index (Phi) is 6.21. The highest BCUT2D eigenvalue weighted by atomic mass is 16.5. The average molecular weight is 292 g/mol. The summed E-state index contributed by atoms with van der Waals surface area (Å²) in [5.41, 5.74) is 7.23. The number of benzene rings is 1. The lowest BCUT2D eigenvalue weighted by Crippen LogP contribution is -2.35. The standard InChI is InChI=1S/C17H28N2O2/c1-12(13-6-8-15(21-5)9-7-13)19-16(20)10-14(18)11-17(2,3)4/h6-9,12,14H,10-11,18H2,1-5H3,(H,19,20)/t12-,14?/m1/s1. The molecule has 118 valence electrons. The molecular formula is C17H28N2O2. The van der Waals surface area contributed by atoms with Crippen LogP contribution in [0.4, 0.5) is 0 Å². The second-order valence-corrected chi connectivity index (χ2v) is 6.79. The van der Waals surface area contributed by atoms with E-state index in [9.17, 15) is 4.79 Å². The summed E-state index contributed by atoms with van der Waals surface area (Å²) >= 11 is 0. The van der Waals surface area contributed by atoms with E-state index in [0.717, 1.165) is 17.7 Å². The highest BCUT2D eigenvalue weighted by molar-refractivity contribution is 5.77. The number of amides is 1. The molecule has 4 nitrogen and oxygen atoms in total. The molecule has 0 bridgehead atoms. The first kappa shape index (κ1) is 17.5. The molecule has 3 N–H and O–H groups in total. The maximum atomic E-state index is 12.0. The SMILES string of the molecule is COc1ccc([C@@H](C)NC(=O)CC(N)CC(C)(C)C)cc1. The van der Waals surface area contributed by atoms with E-state index in [2.05, 4.69) is 26.1 Å². The molecule has 0 saturated heterocycles. The second kappa shape index (κ2) is 7.46. The van der Waals surface area contributed by atoms with Crippen LogP contribution in [-0.4, -0.2) is 19.1 Å². The van der Waals surface area contributed by atoms with Crippen LogP contribution in [0.25, 0.3) is 0 Å². The van der Waals surface area contributed by atoms with E-state index in [1.54, 1.807) is 7.11 Å². The van der Waals surface area contributed by atoms with Gasteiger partial charge in [-0.1, -0.05) is 32.9 Å². The summed E-state index contributed by atoms with van der Waals surface area (Å²) < 4.78 is 5.13. The van der Waals surface area contributed by atoms with Gasteiger partial charge in [0.05, 0.1) is 13.2 Å². The van der Waals surface area contributed by atoms with Gasteiger partial charge in [-0.05, 0) is 36.5 Å². The first-order valence-electron chi connectivity index (χ1n) is 7.40. The molecule has 0 aliphatic carbocycles. The fourth-order valence-electron chi connectivity index (χ4n) is 2.37. The monoisotopic (exact) mass is 292 g/mol. The Hall–Kier alpha value is -1.55. The second-order valence-electron chi connectivity index (χ2n) is 6.79. The molecule has 0 radical (unpaired) electrons. The topological polar surface area (TPSA) is 64.3 Å².